The van der Waals surface area contributed by atoms with Crippen molar-refractivity contribution in [2.24, 2.45) is 5.92 Å². The van der Waals surface area contributed by atoms with Crippen molar-refractivity contribution in [2.75, 3.05) is 19.6 Å². The monoisotopic (exact) mass is 265 g/mol. The Bertz CT molecular complexity index is 333. The van der Waals surface area contributed by atoms with Gasteiger partial charge in [-0.25, -0.2) is 0 Å². The molecule has 0 aromatic carbocycles. The summed E-state index contributed by atoms with van der Waals surface area (Å²) < 4.78 is 0. The average molecular weight is 265 g/mol. The van der Waals surface area contributed by atoms with Crippen LogP contribution in [-0.2, 0) is 4.79 Å². The minimum Gasteiger partial charge on any atom is -0.350 e. The highest BCUT2D eigenvalue weighted by molar-refractivity contribution is 5.82. The van der Waals surface area contributed by atoms with Gasteiger partial charge >= 0.3 is 0 Å². The van der Waals surface area contributed by atoms with Crippen molar-refractivity contribution >= 4 is 5.91 Å². The Labute approximate surface area is 116 Å². The number of hydrogen-bond acceptors (Lipinski definition) is 3. The minimum atomic E-state index is 0.0501. The normalized spacial score (nSPS) is 39.2. The maximum Gasteiger partial charge on any atom is 0.237 e. The molecule has 2 N–H and O–H groups in total. The molecule has 0 spiro atoms. The van der Waals surface area contributed by atoms with Crippen molar-refractivity contribution in [3.05, 3.63) is 0 Å². The molecule has 4 nitrogen and oxygen atoms in total. The summed E-state index contributed by atoms with van der Waals surface area (Å²) in [5.41, 5.74) is 0. The number of fused-ring (bicyclic) bond motifs is 1. The van der Waals surface area contributed by atoms with E-state index in [4.69, 9.17) is 0 Å². The predicted octanol–water partition coefficient (Wildman–Crippen LogP) is 1.12. The molecule has 19 heavy (non-hydrogen) atoms. The Balaban J connectivity index is 1.53. The molecule has 4 atom stereocenters. The van der Waals surface area contributed by atoms with Crippen LogP contribution in [0.1, 0.15) is 45.4 Å². The van der Waals surface area contributed by atoms with Gasteiger partial charge in [0.05, 0.1) is 6.04 Å². The molecular formula is C15H27N3O. The number of carbonyl (C=O) groups is 1. The fraction of sp³-hybridized carbons (Fsp3) is 0.933. The van der Waals surface area contributed by atoms with Crippen molar-refractivity contribution in [3.8, 4) is 0 Å². The molecule has 3 aliphatic heterocycles. The van der Waals surface area contributed by atoms with Gasteiger partial charge in [0.25, 0.3) is 0 Å². The first-order valence-electron chi connectivity index (χ1n) is 8.05. The lowest BCUT2D eigenvalue weighted by atomic mass is 9.90. The van der Waals surface area contributed by atoms with Gasteiger partial charge in [0.1, 0.15) is 0 Å². The van der Waals surface area contributed by atoms with E-state index in [0.717, 1.165) is 25.3 Å². The average Bonchev–Trinajstić information content (AvgIpc) is 3.04. The van der Waals surface area contributed by atoms with Crippen LogP contribution in [0.15, 0.2) is 0 Å². The summed E-state index contributed by atoms with van der Waals surface area (Å²) in [6, 6.07) is 1.07. The summed E-state index contributed by atoms with van der Waals surface area (Å²) in [7, 11) is 0. The molecule has 0 radical (unpaired) electrons. The largest absolute Gasteiger partial charge is 0.350 e. The Morgan fingerprint density at radius 1 is 1.32 bits per heavy atom. The molecule has 3 rings (SSSR count). The Morgan fingerprint density at radius 2 is 2.21 bits per heavy atom. The lowest BCUT2D eigenvalue weighted by molar-refractivity contribution is -0.124. The van der Waals surface area contributed by atoms with Gasteiger partial charge in [0.15, 0.2) is 0 Å². The third kappa shape index (κ3) is 2.79. The first kappa shape index (κ1) is 13.4. The second-order valence-corrected chi connectivity index (χ2v) is 6.45. The van der Waals surface area contributed by atoms with Gasteiger partial charge in [-0.2, -0.15) is 0 Å². The summed E-state index contributed by atoms with van der Waals surface area (Å²) >= 11 is 0. The molecule has 0 aliphatic carbocycles. The highest BCUT2D eigenvalue weighted by Gasteiger charge is 2.38. The predicted molar refractivity (Wildman–Crippen MR) is 75.9 cm³/mol. The third-order valence-electron chi connectivity index (χ3n) is 5.34. The summed E-state index contributed by atoms with van der Waals surface area (Å²) in [4.78, 5) is 15.0. The van der Waals surface area contributed by atoms with E-state index in [1.165, 1.54) is 38.8 Å². The quantitative estimate of drug-likeness (QED) is 0.804. The van der Waals surface area contributed by atoms with Crippen LogP contribution < -0.4 is 10.6 Å². The fourth-order valence-corrected chi connectivity index (χ4v) is 4.10. The van der Waals surface area contributed by atoms with E-state index in [9.17, 15) is 4.79 Å². The molecule has 0 aromatic heterocycles. The molecule has 3 fully saturated rings. The van der Waals surface area contributed by atoms with Crippen LogP contribution in [0.5, 0.6) is 0 Å². The van der Waals surface area contributed by atoms with Crippen molar-refractivity contribution in [1.29, 1.82) is 0 Å². The first-order valence-corrected chi connectivity index (χ1v) is 8.05. The van der Waals surface area contributed by atoms with Gasteiger partial charge in [-0.1, -0.05) is 13.3 Å². The van der Waals surface area contributed by atoms with Gasteiger partial charge in [-0.05, 0) is 51.1 Å². The van der Waals surface area contributed by atoms with E-state index in [1.807, 2.05) is 0 Å². The molecule has 3 aliphatic rings. The Morgan fingerprint density at radius 3 is 3.05 bits per heavy atom. The van der Waals surface area contributed by atoms with Crippen LogP contribution in [0, 0.1) is 5.92 Å². The zero-order chi connectivity index (χ0) is 13.2. The first-order chi connectivity index (χ1) is 9.28. The van der Waals surface area contributed by atoms with Crippen LogP contribution in [-0.4, -0.2) is 48.6 Å². The van der Waals surface area contributed by atoms with Gasteiger partial charge in [-0.15, -0.1) is 0 Å². The van der Waals surface area contributed by atoms with Crippen molar-refractivity contribution in [3.63, 3.8) is 0 Å². The smallest absolute Gasteiger partial charge is 0.237 e. The second kappa shape index (κ2) is 5.80. The molecule has 108 valence electrons. The number of carbonyl (C=O) groups excluding carboxylic acids is 1. The summed E-state index contributed by atoms with van der Waals surface area (Å²) in [6.45, 7) is 5.64. The zero-order valence-corrected chi connectivity index (χ0v) is 12.0. The SMILES string of the molecule is CCC1CCNC(C(=O)NC2CCN3CCCC23)C1. The highest BCUT2D eigenvalue weighted by atomic mass is 16.2. The minimum absolute atomic E-state index is 0.0501. The molecule has 4 heteroatoms. The van der Waals surface area contributed by atoms with E-state index in [1.54, 1.807) is 0 Å². The standard InChI is InChI=1S/C15H27N3O/c1-2-11-5-7-16-13(10-11)15(19)17-12-6-9-18-8-3-4-14(12)18/h11-14,16H,2-10H2,1H3,(H,17,19). The number of nitrogens with zero attached hydrogens (tertiary/aromatic N) is 1. The van der Waals surface area contributed by atoms with Crippen molar-refractivity contribution in [1.82, 2.24) is 15.5 Å². The number of amides is 1. The van der Waals surface area contributed by atoms with Crippen molar-refractivity contribution in [2.45, 2.75) is 63.6 Å². The maximum atomic E-state index is 12.4. The third-order valence-corrected chi connectivity index (χ3v) is 5.34. The molecule has 3 saturated heterocycles. The van der Waals surface area contributed by atoms with Gasteiger partial charge in [0.2, 0.25) is 5.91 Å². The summed E-state index contributed by atoms with van der Waals surface area (Å²) in [5, 5.41) is 6.71. The maximum absolute atomic E-state index is 12.4. The number of nitrogens with one attached hydrogen (secondary N) is 2. The number of piperidine rings is 1. The van der Waals surface area contributed by atoms with Crippen molar-refractivity contribution < 1.29 is 4.79 Å². The molecule has 3 heterocycles. The molecule has 0 bridgehead atoms. The molecule has 0 saturated carbocycles. The topological polar surface area (TPSA) is 44.4 Å². The van der Waals surface area contributed by atoms with E-state index in [-0.39, 0.29) is 11.9 Å². The number of hydrogen-bond donors (Lipinski definition) is 2. The van der Waals surface area contributed by atoms with E-state index in [0.29, 0.717) is 12.1 Å². The van der Waals surface area contributed by atoms with Crippen LogP contribution in [0.3, 0.4) is 0 Å². The van der Waals surface area contributed by atoms with Gasteiger partial charge < -0.3 is 10.6 Å². The van der Waals surface area contributed by atoms with Crippen LogP contribution >= 0.6 is 0 Å². The lowest BCUT2D eigenvalue weighted by Gasteiger charge is -2.30. The molecular weight excluding hydrogens is 238 g/mol. The Kier molecular flexibility index (Phi) is 4.08. The van der Waals surface area contributed by atoms with E-state index in [2.05, 4.69) is 22.5 Å². The molecule has 4 unspecified atom stereocenters. The number of rotatable bonds is 3. The van der Waals surface area contributed by atoms with E-state index >= 15 is 0 Å². The van der Waals surface area contributed by atoms with Crippen LogP contribution in [0.25, 0.3) is 0 Å². The van der Waals surface area contributed by atoms with Crippen LogP contribution in [0.4, 0.5) is 0 Å². The molecule has 1 amide bonds. The van der Waals surface area contributed by atoms with Gasteiger partial charge in [-0.3, -0.25) is 9.69 Å². The van der Waals surface area contributed by atoms with Gasteiger partial charge in [0, 0.05) is 18.6 Å². The highest BCUT2D eigenvalue weighted by Crippen LogP contribution is 2.28. The second-order valence-electron chi connectivity index (χ2n) is 6.45. The lowest BCUT2D eigenvalue weighted by Crippen LogP contribution is -2.53. The Hall–Kier alpha value is -0.610. The zero-order valence-electron chi connectivity index (χ0n) is 12.0. The van der Waals surface area contributed by atoms with E-state index < -0.39 is 0 Å². The summed E-state index contributed by atoms with van der Waals surface area (Å²) in [5.74, 6) is 0.973. The fourth-order valence-electron chi connectivity index (χ4n) is 4.10. The van der Waals surface area contributed by atoms with Crippen LogP contribution in [0.2, 0.25) is 0 Å². The summed E-state index contributed by atoms with van der Waals surface area (Å²) in [6.07, 6.45) is 7.15. The molecule has 0 aromatic rings.